The molecule has 0 heterocycles. The van der Waals surface area contributed by atoms with Crippen molar-refractivity contribution in [3.05, 3.63) is 0 Å². The molecule has 0 saturated heterocycles. The zero-order valence-electron chi connectivity index (χ0n) is 11.5. The molecule has 0 aliphatic carbocycles. The van der Waals surface area contributed by atoms with Gasteiger partial charge in [0, 0.05) is 24.7 Å². The minimum atomic E-state index is -0.367. The zero-order valence-corrected chi connectivity index (χ0v) is 13.1. The van der Waals surface area contributed by atoms with Crippen LogP contribution in [0.1, 0.15) is 51.4 Å². The molecule has 110 valence electrons. The molecule has 0 N–H and O–H groups in total. The molecular formula is C16H20Cl2O2. The van der Waals surface area contributed by atoms with Crippen molar-refractivity contribution in [3.63, 3.8) is 0 Å². The highest BCUT2D eigenvalue weighted by molar-refractivity contribution is 6.63. The SMILES string of the molecule is C#CC(CCCCCC(=O)Cl)CC(C#C)CCC(=O)Cl. The molecule has 2 atom stereocenters. The third kappa shape index (κ3) is 10.9. The first-order valence-corrected chi connectivity index (χ1v) is 7.54. The number of rotatable bonds is 11. The van der Waals surface area contributed by atoms with Gasteiger partial charge in [0.25, 0.3) is 0 Å². The van der Waals surface area contributed by atoms with E-state index in [2.05, 4.69) is 11.8 Å². The van der Waals surface area contributed by atoms with Gasteiger partial charge in [-0.15, -0.1) is 24.7 Å². The number of hydrogen-bond acceptors (Lipinski definition) is 2. The summed E-state index contributed by atoms with van der Waals surface area (Å²) in [7, 11) is 0. The number of hydrogen-bond donors (Lipinski definition) is 0. The van der Waals surface area contributed by atoms with Crippen LogP contribution in [0, 0.1) is 36.5 Å². The molecule has 0 aromatic carbocycles. The molecule has 0 aliphatic heterocycles. The molecular weight excluding hydrogens is 295 g/mol. The van der Waals surface area contributed by atoms with Gasteiger partial charge in [0.1, 0.15) is 0 Å². The van der Waals surface area contributed by atoms with Crippen molar-refractivity contribution in [3.8, 4) is 24.7 Å². The summed E-state index contributed by atoms with van der Waals surface area (Å²) in [5.74, 6) is 5.51. The second-order valence-electron chi connectivity index (χ2n) is 4.81. The standard InChI is InChI=1S/C16H20Cl2O2/c1-3-13(8-6-5-7-9-15(17)19)12-14(4-2)10-11-16(18)20/h1-2,13-14H,5-12H2. The van der Waals surface area contributed by atoms with Gasteiger partial charge in [-0.25, -0.2) is 0 Å². The number of unbranched alkanes of at least 4 members (excludes halogenated alkanes) is 2. The van der Waals surface area contributed by atoms with Crippen molar-refractivity contribution in [2.75, 3.05) is 0 Å². The number of terminal acetylenes is 2. The molecule has 0 aromatic rings. The van der Waals surface area contributed by atoms with Crippen molar-refractivity contribution in [2.45, 2.75) is 51.4 Å². The Bertz CT molecular complexity index is 390. The summed E-state index contributed by atoms with van der Waals surface area (Å²) >= 11 is 10.6. The normalized spacial score (nSPS) is 13.0. The van der Waals surface area contributed by atoms with Crippen molar-refractivity contribution >= 4 is 33.7 Å². The fraction of sp³-hybridized carbons (Fsp3) is 0.625. The van der Waals surface area contributed by atoms with Gasteiger partial charge in [-0.1, -0.05) is 12.8 Å². The summed E-state index contributed by atoms with van der Waals surface area (Å²) in [4.78, 5) is 21.3. The molecule has 0 amide bonds. The van der Waals surface area contributed by atoms with Crippen LogP contribution < -0.4 is 0 Å². The topological polar surface area (TPSA) is 34.1 Å². The van der Waals surface area contributed by atoms with Gasteiger partial charge in [0.2, 0.25) is 10.5 Å². The van der Waals surface area contributed by atoms with Crippen LogP contribution in [-0.4, -0.2) is 10.5 Å². The van der Waals surface area contributed by atoms with E-state index in [9.17, 15) is 9.59 Å². The fourth-order valence-corrected chi connectivity index (χ4v) is 2.24. The molecule has 4 heteroatoms. The Morgan fingerprint density at radius 2 is 1.40 bits per heavy atom. The Morgan fingerprint density at radius 1 is 0.850 bits per heavy atom. The van der Waals surface area contributed by atoms with Crippen LogP contribution in [0.4, 0.5) is 0 Å². The lowest BCUT2D eigenvalue weighted by atomic mass is 9.89. The van der Waals surface area contributed by atoms with E-state index < -0.39 is 0 Å². The van der Waals surface area contributed by atoms with Crippen LogP contribution in [0.5, 0.6) is 0 Å². The van der Waals surface area contributed by atoms with Gasteiger partial charge in [-0.2, -0.15) is 0 Å². The van der Waals surface area contributed by atoms with Crippen LogP contribution in [0.3, 0.4) is 0 Å². The van der Waals surface area contributed by atoms with Gasteiger partial charge in [0.15, 0.2) is 0 Å². The van der Waals surface area contributed by atoms with Crippen molar-refractivity contribution in [1.82, 2.24) is 0 Å². The van der Waals surface area contributed by atoms with Gasteiger partial charge < -0.3 is 0 Å². The predicted octanol–water partition coefficient (Wildman–Crippen LogP) is 4.14. The first-order valence-electron chi connectivity index (χ1n) is 6.78. The largest absolute Gasteiger partial charge is 0.281 e. The van der Waals surface area contributed by atoms with Gasteiger partial charge >= 0.3 is 0 Å². The van der Waals surface area contributed by atoms with E-state index >= 15 is 0 Å². The fourth-order valence-electron chi connectivity index (χ4n) is 2.00. The highest BCUT2D eigenvalue weighted by Gasteiger charge is 2.14. The molecule has 0 bridgehead atoms. The van der Waals surface area contributed by atoms with E-state index in [1.807, 2.05) is 0 Å². The van der Waals surface area contributed by atoms with E-state index in [0.29, 0.717) is 19.3 Å². The van der Waals surface area contributed by atoms with E-state index in [-0.39, 0.29) is 28.7 Å². The Balaban J connectivity index is 3.95. The first kappa shape index (κ1) is 19.0. The molecule has 2 unspecified atom stereocenters. The Morgan fingerprint density at radius 3 is 1.90 bits per heavy atom. The maximum absolute atomic E-state index is 10.7. The monoisotopic (exact) mass is 314 g/mol. The van der Waals surface area contributed by atoms with Crippen LogP contribution >= 0.6 is 23.2 Å². The second-order valence-corrected chi connectivity index (χ2v) is 5.65. The molecule has 0 rings (SSSR count). The second kappa shape index (κ2) is 11.8. The Labute approximate surface area is 131 Å². The average Bonchev–Trinajstić information content (AvgIpc) is 2.40. The molecule has 0 radical (unpaired) electrons. The maximum atomic E-state index is 10.7. The van der Waals surface area contributed by atoms with Gasteiger partial charge in [-0.3, -0.25) is 9.59 Å². The third-order valence-electron chi connectivity index (χ3n) is 3.16. The van der Waals surface area contributed by atoms with Crippen LogP contribution in [0.25, 0.3) is 0 Å². The lowest BCUT2D eigenvalue weighted by Gasteiger charge is -2.15. The van der Waals surface area contributed by atoms with Crippen molar-refractivity contribution in [1.29, 1.82) is 0 Å². The Hall–Kier alpha value is -0.960. The van der Waals surface area contributed by atoms with Crippen molar-refractivity contribution in [2.24, 2.45) is 11.8 Å². The minimum Gasteiger partial charge on any atom is -0.281 e. The number of carbonyl (C=O) groups excluding carboxylic acids is 2. The summed E-state index contributed by atoms with van der Waals surface area (Å²) in [6, 6.07) is 0. The molecule has 2 nitrogen and oxygen atoms in total. The van der Waals surface area contributed by atoms with Crippen LogP contribution in [-0.2, 0) is 9.59 Å². The molecule has 0 fully saturated rings. The minimum absolute atomic E-state index is 0.0110. The lowest BCUT2D eigenvalue weighted by Crippen LogP contribution is -2.07. The zero-order chi connectivity index (χ0) is 15.4. The van der Waals surface area contributed by atoms with Gasteiger partial charge in [-0.05, 0) is 48.9 Å². The van der Waals surface area contributed by atoms with Crippen LogP contribution in [0.15, 0.2) is 0 Å². The average molecular weight is 315 g/mol. The molecule has 0 aromatic heterocycles. The lowest BCUT2D eigenvalue weighted by molar-refractivity contribution is -0.112. The molecule has 20 heavy (non-hydrogen) atoms. The summed E-state index contributed by atoms with van der Waals surface area (Å²) in [6.07, 6.45) is 16.5. The summed E-state index contributed by atoms with van der Waals surface area (Å²) in [5.41, 5.74) is 0. The van der Waals surface area contributed by atoms with Crippen LogP contribution in [0.2, 0.25) is 0 Å². The third-order valence-corrected chi connectivity index (χ3v) is 3.53. The first-order chi connectivity index (χ1) is 9.49. The number of carbonyl (C=O) groups is 2. The van der Waals surface area contributed by atoms with E-state index in [4.69, 9.17) is 36.0 Å². The molecule has 0 saturated carbocycles. The predicted molar refractivity (Wildman–Crippen MR) is 83.3 cm³/mol. The highest BCUT2D eigenvalue weighted by Crippen LogP contribution is 2.22. The summed E-state index contributed by atoms with van der Waals surface area (Å²) < 4.78 is 0. The van der Waals surface area contributed by atoms with E-state index in [1.54, 1.807) is 0 Å². The quantitative estimate of drug-likeness (QED) is 0.326. The molecule has 0 aliphatic rings. The van der Waals surface area contributed by atoms with E-state index in [1.165, 1.54) is 0 Å². The van der Waals surface area contributed by atoms with Gasteiger partial charge in [0.05, 0.1) is 0 Å². The maximum Gasteiger partial charge on any atom is 0.221 e. The summed E-state index contributed by atoms with van der Waals surface area (Å²) in [6.45, 7) is 0. The highest BCUT2D eigenvalue weighted by atomic mass is 35.5. The summed E-state index contributed by atoms with van der Waals surface area (Å²) in [5, 5.41) is -0.662. The molecule has 0 spiro atoms. The van der Waals surface area contributed by atoms with E-state index in [0.717, 1.165) is 25.7 Å². The Kier molecular flexibility index (Phi) is 11.3. The smallest absolute Gasteiger partial charge is 0.221 e. The van der Waals surface area contributed by atoms with Crippen molar-refractivity contribution < 1.29 is 9.59 Å². The number of halogens is 2.